The Hall–Kier alpha value is -2.27. The van der Waals surface area contributed by atoms with Crippen LogP contribution in [0, 0.1) is 5.92 Å². The molecule has 1 aromatic carbocycles. The van der Waals surface area contributed by atoms with Gasteiger partial charge in [0.25, 0.3) is 0 Å². The lowest BCUT2D eigenvalue weighted by atomic mass is 9.96. The Morgan fingerprint density at radius 3 is 2.72 bits per heavy atom. The first-order valence-corrected chi connectivity index (χ1v) is 9.00. The van der Waals surface area contributed by atoms with Gasteiger partial charge in [0.05, 0.1) is 25.6 Å². The van der Waals surface area contributed by atoms with Gasteiger partial charge in [0.15, 0.2) is 0 Å². The van der Waals surface area contributed by atoms with Crippen LogP contribution in [0.3, 0.4) is 0 Å². The van der Waals surface area contributed by atoms with E-state index in [9.17, 15) is 0 Å². The number of hydrogen-bond acceptors (Lipinski definition) is 5. The lowest BCUT2D eigenvalue weighted by molar-refractivity contribution is 0.154. The van der Waals surface area contributed by atoms with E-state index in [2.05, 4.69) is 39.0 Å². The summed E-state index contributed by atoms with van der Waals surface area (Å²) in [4.78, 5) is 9.28. The fourth-order valence-electron chi connectivity index (χ4n) is 3.74. The lowest BCUT2D eigenvalue weighted by Gasteiger charge is -2.38. The number of anilines is 1. The van der Waals surface area contributed by atoms with Gasteiger partial charge in [-0.25, -0.2) is 4.98 Å². The van der Waals surface area contributed by atoms with Crippen molar-refractivity contribution in [3.63, 3.8) is 0 Å². The number of piperazine rings is 1. The molecule has 0 aliphatic carbocycles. The molecule has 0 spiro atoms. The molecule has 1 saturated heterocycles. The van der Waals surface area contributed by atoms with E-state index >= 15 is 0 Å². The maximum atomic E-state index is 5.93. The average molecular weight is 339 g/mol. The third-order valence-corrected chi connectivity index (χ3v) is 5.14. The van der Waals surface area contributed by atoms with Crippen LogP contribution in [0.2, 0.25) is 0 Å². The molecule has 0 radical (unpaired) electrons. The lowest BCUT2D eigenvalue weighted by Crippen LogP contribution is -2.48. The number of ether oxygens (including phenoxy) is 2. The quantitative estimate of drug-likeness (QED) is 0.855. The standard InChI is InChI=1S/C20H25N3O2/c1-24-20-7-6-18(13-21-20)23-10-8-22(9-11-23)14-16-12-17-4-2-3-5-19(17)25-15-16/h2-7,13,16H,8-12,14-15H2,1H3. The second-order valence-corrected chi connectivity index (χ2v) is 6.84. The van der Waals surface area contributed by atoms with Crippen LogP contribution in [-0.4, -0.2) is 56.3 Å². The zero-order valence-corrected chi connectivity index (χ0v) is 14.7. The van der Waals surface area contributed by atoms with Crippen LogP contribution in [0.4, 0.5) is 5.69 Å². The van der Waals surface area contributed by atoms with Crippen molar-refractivity contribution in [1.82, 2.24) is 9.88 Å². The first kappa shape index (κ1) is 16.2. The number of para-hydroxylation sites is 1. The third kappa shape index (κ3) is 3.71. The molecule has 1 unspecified atom stereocenters. The van der Waals surface area contributed by atoms with Gasteiger partial charge in [-0.15, -0.1) is 0 Å². The molecule has 2 aliphatic heterocycles. The van der Waals surface area contributed by atoms with Crippen molar-refractivity contribution >= 4 is 5.69 Å². The van der Waals surface area contributed by atoms with Crippen LogP contribution in [0.1, 0.15) is 5.56 Å². The van der Waals surface area contributed by atoms with Crippen molar-refractivity contribution in [3.8, 4) is 11.6 Å². The van der Waals surface area contributed by atoms with Gasteiger partial charge >= 0.3 is 0 Å². The van der Waals surface area contributed by atoms with Gasteiger partial charge in [0, 0.05) is 44.7 Å². The zero-order chi connectivity index (χ0) is 17.1. The minimum absolute atomic E-state index is 0.587. The van der Waals surface area contributed by atoms with Crippen molar-refractivity contribution in [1.29, 1.82) is 0 Å². The van der Waals surface area contributed by atoms with Crippen molar-refractivity contribution in [3.05, 3.63) is 48.2 Å². The fourth-order valence-corrected chi connectivity index (χ4v) is 3.74. The number of rotatable bonds is 4. The molecule has 0 amide bonds. The Balaban J connectivity index is 1.29. The maximum absolute atomic E-state index is 5.93. The number of nitrogens with zero attached hydrogens (tertiary/aromatic N) is 3. The normalized spacial score (nSPS) is 20.7. The molecule has 0 saturated carbocycles. The molecule has 5 heteroatoms. The van der Waals surface area contributed by atoms with E-state index in [1.54, 1.807) is 7.11 Å². The summed E-state index contributed by atoms with van der Waals surface area (Å²) in [5.41, 5.74) is 2.53. The summed E-state index contributed by atoms with van der Waals surface area (Å²) >= 11 is 0. The van der Waals surface area contributed by atoms with Crippen LogP contribution in [0.5, 0.6) is 11.6 Å². The predicted octanol–water partition coefficient (Wildman–Crippen LogP) is 2.46. The van der Waals surface area contributed by atoms with Gasteiger partial charge in [-0.3, -0.25) is 4.90 Å². The maximum Gasteiger partial charge on any atom is 0.213 e. The number of benzene rings is 1. The Bertz CT molecular complexity index is 696. The Morgan fingerprint density at radius 1 is 1.12 bits per heavy atom. The minimum atomic E-state index is 0.587. The molecule has 25 heavy (non-hydrogen) atoms. The van der Waals surface area contributed by atoms with Gasteiger partial charge in [0.2, 0.25) is 5.88 Å². The van der Waals surface area contributed by atoms with Crippen molar-refractivity contribution in [2.24, 2.45) is 5.92 Å². The summed E-state index contributed by atoms with van der Waals surface area (Å²) in [6, 6.07) is 12.4. The van der Waals surface area contributed by atoms with Gasteiger partial charge in [-0.05, 0) is 24.1 Å². The Kier molecular flexibility index (Phi) is 4.74. The zero-order valence-electron chi connectivity index (χ0n) is 14.7. The van der Waals surface area contributed by atoms with E-state index in [1.165, 1.54) is 11.3 Å². The van der Waals surface area contributed by atoms with Crippen LogP contribution >= 0.6 is 0 Å². The fraction of sp³-hybridized carbons (Fsp3) is 0.450. The molecular formula is C20H25N3O2. The molecule has 1 aromatic heterocycles. The van der Waals surface area contributed by atoms with E-state index in [-0.39, 0.29) is 0 Å². The molecule has 0 N–H and O–H groups in total. The van der Waals surface area contributed by atoms with E-state index in [0.717, 1.165) is 51.5 Å². The van der Waals surface area contributed by atoms with Gasteiger partial charge < -0.3 is 14.4 Å². The van der Waals surface area contributed by atoms with Crippen molar-refractivity contribution in [2.45, 2.75) is 6.42 Å². The Labute approximate surface area is 149 Å². The van der Waals surface area contributed by atoms with Crippen molar-refractivity contribution in [2.75, 3.05) is 51.3 Å². The average Bonchev–Trinajstić information content (AvgIpc) is 2.69. The molecule has 5 nitrogen and oxygen atoms in total. The molecule has 1 atom stereocenters. The van der Waals surface area contributed by atoms with Crippen LogP contribution in [-0.2, 0) is 6.42 Å². The Morgan fingerprint density at radius 2 is 1.96 bits per heavy atom. The topological polar surface area (TPSA) is 37.8 Å². The van der Waals surface area contributed by atoms with Crippen molar-refractivity contribution < 1.29 is 9.47 Å². The molecule has 4 rings (SSSR count). The van der Waals surface area contributed by atoms with Crippen LogP contribution in [0.25, 0.3) is 0 Å². The SMILES string of the molecule is COc1ccc(N2CCN(CC3COc4ccccc4C3)CC2)cn1. The minimum Gasteiger partial charge on any atom is -0.493 e. The summed E-state index contributed by atoms with van der Waals surface area (Å²) in [5, 5.41) is 0. The summed E-state index contributed by atoms with van der Waals surface area (Å²) in [7, 11) is 1.65. The smallest absolute Gasteiger partial charge is 0.213 e. The van der Waals surface area contributed by atoms with Gasteiger partial charge in [-0.2, -0.15) is 0 Å². The summed E-state index contributed by atoms with van der Waals surface area (Å²) in [6.07, 6.45) is 3.03. The van der Waals surface area contributed by atoms with Gasteiger partial charge in [-0.1, -0.05) is 18.2 Å². The highest BCUT2D eigenvalue weighted by Gasteiger charge is 2.24. The highest BCUT2D eigenvalue weighted by molar-refractivity contribution is 5.45. The number of fused-ring (bicyclic) bond motifs is 1. The molecule has 2 aromatic rings. The number of methoxy groups -OCH3 is 1. The van der Waals surface area contributed by atoms with Crippen LogP contribution < -0.4 is 14.4 Å². The number of hydrogen-bond donors (Lipinski definition) is 0. The second kappa shape index (κ2) is 7.31. The largest absolute Gasteiger partial charge is 0.493 e. The first-order chi connectivity index (χ1) is 12.3. The predicted molar refractivity (Wildman–Crippen MR) is 98.6 cm³/mol. The molecule has 3 heterocycles. The van der Waals surface area contributed by atoms with E-state index in [0.29, 0.717) is 11.8 Å². The molecule has 0 bridgehead atoms. The summed E-state index contributed by atoms with van der Waals surface area (Å²) in [5.74, 6) is 2.32. The summed E-state index contributed by atoms with van der Waals surface area (Å²) in [6.45, 7) is 6.20. The monoisotopic (exact) mass is 339 g/mol. The second-order valence-electron chi connectivity index (χ2n) is 6.84. The molecular weight excluding hydrogens is 314 g/mol. The van der Waals surface area contributed by atoms with Gasteiger partial charge in [0.1, 0.15) is 5.75 Å². The first-order valence-electron chi connectivity index (χ1n) is 9.00. The highest BCUT2D eigenvalue weighted by Crippen LogP contribution is 2.27. The molecule has 1 fully saturated rings. The number of pyridine rings is 1. The van der Waals surface area contributed by atoms with E-state index in [1.807, 2.05) is 18.3 Å². The molecule has 2 aliphatic rings. The van der Waals surface area contributed by atoms with Crippen LogP contribution in [0.15, 0.2) is 42.6 Å². The summed E-state index contributed by atoms with van der Waals surface area (Å²) < 4.78 is 11.1. The van der Waals surface area contributed by atoms with E-state index < -0.39 is 0 Å². The van der Waals surface area contributed by atoms with E-state index in [4.69, 9.17) is 9.47 Å². The molecule has 132 valence electrons. The third-order valence-electron chi connectivity index (χ3n) is 5.14. The number of aromatic nitrogens is 1. The highest BCUT2D eigenvalue weighted by atomic mass is 16.5.